The Kier molecular flexibility index (Phi) is 3.55. The maximum atomic E-state index is 5.94. The van der Waals surface area contributed by atoms with E-state index in [1.165, 1.54) is 0 Å². The Hall–Kier alpha value is -1.98. The maximum absolute atomic E-state index is 5.94. The van der Waals surface area contributed by atoms with Gasteiger partial charge in [0.15, 0.2) is 0 Å². The fraction of sp³-hybridized carbons (Fsp3) is 0.231. The van der Waals surface area contributed by atoms with Crippen molar-refractivity contribution in [1.29, 1.82) is 0 Å². The molecule has 5 nitrogen and oxygen atoms in total. The van der Waals surface area contributed by atoms with E-state index >= 15 is 0 Å². The molecule has 0 spiro atoms. The number of nitrogens with zero attached hydrogens (tertiary/aromatic N) is 2. The van der Waals surface area contributed by atoms with Crippen LogP contribution in [0.4, 0.5) is 5.82 Å². The van der Waals surface area contributed by atoms with Crippen molar-refractivity contribution in [2.45, 2.75) is 19.9 Å². The van der Waals surface area contributed by atoms with Crippen molar-refractivity contribution in [2.24, 2.45) is 5.84 Å². The zero-order valence-electron chi connectivity index (χ0n) is 10.5. The summed E-state index contributed by atoms with van der Waals surface area (Å²) in [5.41, 5.74) is 12.6. The fourth-order valence-corrected chi connectivity index (χ4v) is 2.00. The lowest BCUT2D eigenvalue weighted by Crippen LogP contribution is -2.31. The maximum Gasteiger partial charge on any atom is 0.128 e. The minimum Gasteiger partial charge on any atom is -0.383 e. The summed E-state index contributed by atoms with van der Waals surface area (Å²) < 4.78 is 0. The van der Waals surface area contributed by atoms with Gasteiger partial charge in [0.25, 0.3) is 0 Å². The smallest absolute Gasteiger partial charge is 0.128 e. The van der Waals surface area contributed by atoms with Crippen LogP contribution in [0.3, 0.4) is 0 Å². The Morgan fingerprint density at radius 2 is 1.89 bits per heavy atom. The quantitative estimate of drug-likeness (QED) is 0.557. The van der Waals surface area contributed by atoms with Crippen molar-refractivity contribution in [3.63, 3.8) is 0 Å². The van der Waals surface area contributed by atoms with E-state index in [9.17, 15) is 0 Å². The topological polar surface area (TPSA) is 89.8 Å². The van der Waals surface area contributed by atoms with Crippen LogP contribution in [-0.4, -0.2) is 9.97 Å². The summed E-state index contributed by atoms with van der Waals surface area (Å²) in [6.45, 7) is 3.99. The molecule has 0 bridgehead atoms. The summed E-state index contributed by atoms with van der Waals surface area (Å²) in [6.07, 6.45) is 3.45. The van der Waals surface area contributed by atoms with Crippen LogP contribution >= 0.6 is 0 Å². The average Bonchev–Trinajstić information content (AvgIpc) is 2.34. The highest BCUT2D eigenvalue weighted by Crippen LogP contribution is 2.26. The molecule has 1 atom stereocenters. The molecule has 0 saturated heterocycles. The normalized spacial score (nSPS) is 12.4. The number of nitrogens with one attached hydrogen (secondary N) is 1. The van der Waals surface area contributed by atoms with Gasteiger partial charge in [-0.1, -0.05) is 0 Å². The second kappa shape index (κ2) is 5.12. The highest BCUT2D eigenvalue weighted by atomic mass is 15.2. The lowest BCUT2D eigenvalue weighted by molar-refractivity contribution is 0.617. The summed E-state index contributed by atoms with van der Waals surface area (Å²) in [5, 5.41) is 0. The first kappa shape index (κ1) is 12.5. The lowest BCUT2D eigenvalue weighted by Gasteiger charge is -2.19. The Morgan fingerprint density at radius 1 is 1.17 bits per heavy atom. The molecule has 0 aliphatic rings. The predicted molar refractivity (Wildman–Crippen MR) is 71.5 cm³/mol. The number of aromatic nitrogens is 2. The van der Waals surface area contributed by atoms with E-state index in [-0.39, 0.29) is 6.04 Å². The van der Waals surface area contributed by atoms with Crippen LogP contribution in [0.15, 0.2) is 30.6 Å². The Bertz CT molecular complexity index is 533. The number of hydrazine groups is 1. The molecule has 0 aliphatic heterocycles. The molecule has 2 heterocycles. The third-order valence-corrected chi connectivity index (χ3v) is 2.93. The monoisotopic (exact) mass is 243 g/mol. The number of aryl methyl sites for hydroxylation is 2. The fourth-order valence-electron chi connectivity index (χ4n) is 2.00. The number of nitrogen functional groups attached to an aromatic ring is 1. The zero-order chi connectivity index (χ0) is 13.1. The highest BCUT2D eigenvalue weighted by molar-refractivity contribution is 5.49. The number of pyridine rings is 2. The van der Waals surface area contributed by atoms with Crippen LogP contribution in [-0.2, 0) is 0 Å². The minimum absolute atomic E-state index is 0.251. The van der Waals surface area contributed by atoms with Gasteiger partial charge >= 0.3 is 0 Å². The van der Waals surface area contributed by atoms with Crippen molar-refractivity contribution in [3.8, 4) is 0 Å². The first-order valence-electron chi connectivity index (χ1n) is 5.73. The van der Waals surface area contributed by atoms with Gasteiger partial charge in [-0.2, -0.15) is 0 Å². The van der Waals surface area contributed by atoms with Gasteiger partial charge in [0.1, 0.15) is 5.82 Å². The Balaban J connectivity index is 2.52. The molecule has 5 N–H and O–H groups in total. The highest BCUT2D eigenvalue weighted by Gasteiger charge is 2.19. The van der Waals surface area contributed by atoms with Crippen LogP contribution in [0.5, 0.6) is 0 Å². The third kappa shape index (κ3) is 2.32. The van der Waals surface area contributed by atoms with E-state index in [2.05, 4.69) is 15.4 Å². The minimum atomic E-state index is -0.251. The van der Waals surface area contributed by atoms with E-state index in [4.69, 9.17) is 11.6 Å². The second-order valence-electron chi connectivity index (χ2n) is 4.28. The molecule has 1 unspecified atom stereocenters. The number of anilines is 1. The first-order valence-corrected chi connectivity index (χ1v) is 5.73. The van der Waals surface area contributed by atoms with Crippen molar-refractivity contribution < 1.29 is 0 Å². The molecular weight excluding hydrogens is 226 g/mol. The predicted octanol–water partition coefficient (Wildman–Crippen LogP) is 1.23. The van der Waals surface area contributed by atoms with Crippen LogP contribution in [0.1, 0.15) is 28.4 Å². The average molecular weight is 243 g/mol. The largest absolute Gasteiger partial charge is 0.383 e. The first-order chi connectivity index (χ1) is 8.63. The molecule has 0 aromatic carbocycles. The van der Waals surface area contributed by atoms with Gasteiger partial charge in [0, 0.05) is 18.0 Å². The van der Waals surface area contributed by atoms with Crippen LogP contribution in [0, 0.1) is 13.8 Å². The standard InChI is InChI=1S/C13H17N5/c1-8-3-5-16-10(7-8)12(18-15)11-9(2)4-6-17-13(11)14/h3-7,12,18H,15H2,1-2H3,(H2,14,17). The molecule has 2 aromatic heterocycles. The van der Waals surface area contributed by atoms with E-state index in [1.54, 1.807) is 12.4 Å². The summed E-state index contributed by atoms with van der Waals surface area (Å²) in [5.74, 6) is 6.12. The molecule has 0 saturated carbocycles. The molecule has 0 aliphatic carbocycles. The van der Waals surface area contributed by atoms with Crippen molar-refractivity contribution in [1.82, 2.24) is 15.4 Å². The molecule has 0 amide bonds. The van der Waals surface area contributed by atoms with Gasteiger partial charge in [-0.3, -0.25) is 10.8 Å². The molecular formula is C13H17N5. The molecule has 94 valence electrons. The van der Waals surface area contributed by atoms with Crippen molar-refractivity contribution in [2.75, 3.05) is 5.73 Å². The van der Waals surface area contributed by atoms with Gasteiger partial charge in [-0.05, 0) is 43.2 Å². The van der Waals surface area contributed by atoms with Gasteiger partial charge in [0.05, 0.1) is 11.7 Å². The van der Waals surface area contributed by atoms with Gasteiger partial charge in [0.2, 0.25) is 0 Å². The third-order valence-electron chi connectivity index (χ3n) is 2.93. The zero-order valence-corrected chi connectivity index (χ0v) is 10.5. The number of nitrogens with two attached hydrogens (primary N) is 2. The van der Waals surface area contributed by atoms with Crippen LogP contribution in [0.25, 0.3) is 0 Å². The van der Waals surface area contributed by atoms with Crippen molar-refractivity contribution in [3.05, 3.63) is 53.0 Å². The van der Waals surface area contributed by atoms with E-state index < -0.39 is 0 Å². The molecule has 2 aromatic rings. The van der Waals surface area contributed by atoms with Gasteiger partial charge in [-0.15, -0.1) is 0 Å². The van der Waals surface area contributed by atoms with E-state index in [1.807, 2.05) is 32.0 Å². The van der Waals surface area contributed by atoms with Crippen LogP contribution in [0.2, 0.25) is 0 Å². The number of rotatable bonds is 3. The van der Waals surface area contributed by atoms with Crippen molar-refractivity contribution >= 4 is 5.82 Å². The lowest BCUT2D eigenvalue weighted by atomic mass is 9.99. The molecule has 0 radical (unpaired) electrons. The Labute approximate surface area is 106 Å². The molecule has 2 rings (SSSR count). The van der Waals surface area contributed by atoms with Gasteiger partial charge < -0.3 is 5.73 Å². The number of hydrogen-bond acceptors (Lipinski definition) is 5. The van der Waals surface area contributed by atoms with E-state index in [0.717, 1.165) is 22.4 Å². The van der Waals surface area contributed by atoms with Crippen LogP contribution < -0.4 is 17.0 Å². The SMILES string of the molecule is Cc1ccnc(C(NN)c2c(C)ccnc2N)c1. The Morgan fingerprint density at radius 3 is 2.50 bits per heavy atom. The summed E-state index contributed by atoms with van der Waals surface area (Å²) in [6, 6.07) is 5.58. The van der Waals surface area contributed by atoms with E-state index in [0.29, 0.717) is 5.82 Å². The molecule has 18 heavy (non-hydrogen) atoms. The second-order valence-corrected chi connectivity index (χ2v) is 4.28. The molecule has 0 fully saturated rings. The van der Waals surface area contributed by atoms with Gasteiger partial charge in [-0.25, -0.2) is 10.4 Å². The summed E-state index contributed by atoms with van der Waals surface area (Å²) >= 11 is 0. The number of hydrogen-bond donors (Lipinski definition) is 3. The summed E-state index contributed by atoms with van der Waals surface area (Å²) in [7, 11) is 0. The summed E-state index contributed by atoms with van der Waals surface area (Å²) in [4.78, 5) is 8.45. The molecule has 5 heteroatoms.